The van der Waals surface area contributed by atoms with Gasteiger partial charge < -0.3 is 10.2 Å². The lowest BCUT2D eigenvalue weighted by molar-refractivity contribution is 0.102. The highest BCUT2D eigenvalue weighted by molar-refractivity contribution is 9.10. The molecule has 2 heterocycles. The van der Waals surface area contributed by atoms with Crippen molar-refractivity contribution in [2.75, 3.05) is 23.3 Å². The van der Waals surface area contributed by atoms with E-state index in [0.717, 1.165) is 29.1 Å². The summed E-state index contributed by atoms with van der Waals surface area (Å²) in [6, 6.07) is 11.0. The Hall–Kier alpha value is -1.95. The van der Waals surface area contributed by atoms with Crippen molar-refractivity contribution in [3.05, 3.63) is 46.6 Å². The van der Waals surface area contributed by atoms with Gasteiger partial charge in [0.25, 0.3) is 5.91 Å². The molecule has 1 saturated heterocycles. The average molecular weight is 347 g/mol. The summed E-state index contributed by atoms with van der Waals surface area (Å²) in [5.74, 6) is 0.583. The Balaban J connectivity index is 1.70. The molecule has 6 heteroatoms. The minimum Gasteiger partial charge on any atom is -0.355 e. The smallest absolute Gasteiger partial charge is 0.276 e. The molecule has 1 N–H and O–H groups in total. The Labute approximate surface area is 131 Å². The first kappa shape index (κ1) is 14.0. The van der Waals surface area contributed by atoms with Crippen LogP contribution >= 0.6 is 15.9 Å². The molecule has 1 aliphatic heterocycles. The van der Waals surface area contributed by atoms with Crippen LogP contribution in [0.15, 0.2) is 40.9 Å². The summed E-state index contributed by atoms with van der Waals surface area (Å²) in [5, 5.41) is 11.0. The maximum atomic E-state index is 12.1. The number of hydrogen-bond acceptors (Lipinski definition) is 4. The van der Waals surface area contributed by atoms with E-state index in [1.54, 1.807) is 6.07 Å². The Kier molecular flexibility index (Phi) is 4.15. The van der Waals surface area contributed by atoms with Crippen LogP contribution in [-0.2, 0) is 0 Å². The zero-order chi connectivity index (χ0) is 14.7. The second kappa shape index (κ2) is 6.22. The van der Waals surface area contributed by atoms with Gasteiger partial charge in [-0.1, -0.05) is 22.0 Å². The van der Waals surface area contributed by atoms with E-state index in [2.05, 4.69) is 36.3 Å². The molecule has 0 bridgehead atoms. The monoisotopic (exact) mass is 346 g/mol. The van der Waals surface area contributed by atoms with Gasteiger partial charge in [-0.05, 0) is 43.2 Å². The van der Waals surface area contributed by atoms with Crippen LogP contribution in [-0.4, -0.2) is 29.2 Å². The van der Waals surface area contributed by atoms with Crippen LogP contribution in [0.1, 0.15) is 23.3 Å². The first-order chi connectivity index (χ1) is 10.2. The number of nitrogens with zero attached hydrogens (tertiary/aromatic N) is 3. The number of aromatic nitrogens is 2. The highest BCUT2D eigenvalue weighted by Gasteiger charge is 2.15. The summed E-state index contributed by atoms with van der Waals surface area (Å²) in [6.45, 7) is 2.02. The van der Waals surface area contributed by atoms with Crippen LogP contribution in [0.4, 0.5) is 11.5 Å². The Morgan fingerprint density at radius 2 is 1.95 bits per heavy atom. The van der Waals surface area contributed by atoms with Crippen molar-refractivity contribution in [1.82, 2.24) is 10.2 Å². The standard InChI is InChI=1S/C15H15BrN4O/c16-11-4-3-5-12(10-11)17-15(21)13-6-7-14(19-18-13)20-8-1-2-9-20/h3-7,10H,1-2,8-9H2,(H,17,21). The molecule has 1 amide bonds. The molecule has 1 aromatic carbocycles. The van der Waals surface area contributed by atoms with Crippen molar-refractivity contribution in [2.45, 2.75) is 12.8 Å². The van der Waals surface area contributed by atoms with E-state index in [0.29, 0.717) is 5.69 Å². The highest BCUT2D eigenvalue weighted by Crippen LogP contribution is 2.18. The zero-order valence-corrected chi connectivity index (χ0v) is 13.0. The molecule has 2 aromatic rings. The lowest BCUT2D eigenvalue weighted by atomic mass is 10.3. The van der Waals surface area contributed by atoms with E-state index in [1.807, 2.05) is 30.3 Å². The van der Waals surface area contributed by atoms with Gasteiger partial charge in [-0.15, -0.1) is 10.2 Å². The summed E-state index contributed by atoms with van der Waals surface area (Å²) in [5.41, 5.74) is 1.04. The van der Waals surface area contributed by atoms with Crippen LogP contribution in [0.5, 0.6) is 0 Å². The molecule has 0 saturated carbocycles. The molecular formula is C15H15BrN4O. The lowest BCUT2D eigenvalue weighted by Gasteiger charge is -2.15. The zero-order valence-electron chi connectivity index (χ0n) is 11.4. The van der Waals surface area contributed by atoms with E-state index in [9.17, 15) is 4.79 Å². The number of nitrogens with one attached hydrogen (secondary N) is 1. The quantitative estimate of drug-likeness (QED) is 0.927. The fourth-order valence-corrected chi connectivity index (χ4v) is 2.72. The predicted octanol–water partition coefficient (Wildman–Crippen LogP) is 3.09. The fourth-order valence-electron chi connectivity index (χ4n) is 2.32. The third-order valence-electron chi connectivity index (χ3n) is 3.40. The largest absolute Gasteiger partial charge is 0.355 e. The number of halogens is 1. The van der Waals surface area contributed by atoms with Gasteiger partial charge in [0, 0.05) is 23.2 Å². The normalized spacial score (nSPS) is 14.2. The van der Waals surface area contributed by atoms with Gasteiger partial charge in [-0.25, -0.2) is 0 Å². The third-order valence-corrected chi connectivity index (χ3v) is 3.89. The van der Waals surface area contributed by atoms with Crippen molar-refractivity contribution in [3.63, 3.8) is 0 Å². The van der Waals surface area contributed by atoms with Crippen molar-refractivity contribution in [3.8, 4) is 0 Å². The third kappa shape index (κ3) is 3.39. The summed E-state index contributed by atoms with van der Waals surface area (Å²) >= 11 is 3.37. The molecule has 3 rings (SSSR count). The molecule has 0 atom stereocenters. The SMILES string of the molecule is O=C(Nc1cccc(Br)c1)c1ccc(N2CCCC2)nn1. The van der Waals surface area contributed by atoms with Crippen molar-refractivity contribution in [2.24, 2.45) is 0 Å². The van der Waals surface area contributed by atoms with Gasteiger partial charge in [-0.2, -0.15) is 0 Å². The molecule has 5 nitrogen and oxygen atoms in total. The van der Waals surface area contributed by atoms with Gasteiger partial charge in [-0.3, -0.25) is 4.79 Å². The molecule has 0 aliphatic carbocycles. The van der Waals surface area contributed by atoms with Crippen LogP contribution in [0.2, 0.25) is 0 Å². The Bertz CT molecular complexity index is 638. The first-order valence-corrected chi connectivity index (χ1v) is 7.67. The molecule has 1 fully saturated rings. The van der Waals surface area contributed by atoms with Gasteiger partial charge in [0.1, 0.15) is 0 Å². The molecule has 1 aromatic heterocycles. The fraction of sp³-hybridized carbons (Fsp3) is 0.267. The molecule has 0 spiro atoms. The van der Waals surface area contributed by atoms with E-state index in [1.165, 1.54) is 12.8 Å². The maximum absolute atomic E-state index is 12.1. The second-order valence-electron chi connectivity index (χ2n) is 4.94. The van der Waals surface area contributed by atoms with Crippen molar-refractivity contribution >= 4 is 33.3 Å². The van der Waals surface area contributed by atoms with E-state index in [4.69, 9.17) is 0 Å². The number of carbonyl (C=O) groups is 1. The lowest BCUT2D eigenvalue weighted by Crippen LogP contribution is -2.21. The molecule has 108 valence electrons. The topological polar surface area (TPSA) is 58.1 Å². The Morgan fingerprint density at radius 1 is 1.14 bits per heavy atom. The summed E-state index contributed by atoms with van der Waals surface area (Å²) < 4.78 is 0.913. The van der Waals surface area contributed by atoms with Gasteiger partial charge in [0.2, 0.25) is 0 Å². The van der Waals surface area contributed by atoms with Crippen molar-refractivity contribution in [1.29, 1.82) is 0 Å². The number of amides is 1. The average Bonchev–Trinajstić information content (AvgIpc) is 3.01. The number of benzene rings is 1. The Morgan fingerprint density at radius 3 is 2.62 bits per heavy atom. The van der Waals surface area contributed by atoms with E-state index < -0.39 is 0 Å². The maximum Gasteiger partial charge on any atom is 0.276 e. The van der Waals surface area contributed by atoms with E-state index >= 15 is 0 Å². The summed E-state index contributed by atoms with van der Waals surface area (Å²) in [7, 11) is 0. The van der Waals surface area contributed by atoms with E-state index in [-0.39, 0.29) is 5.91 Å². The number of rotatable bonds is 3. The van der Waals surface area contributed by atoms with Crippen LogP contribution in [0.3, 0.4) is 0 Å². The minimum absolute atomic E-state index is 0.256. The number of anilines is 2. The van der Waals surface area contributed by atoms with Crippen LogP contribution in [0, 0.1) is 0 Å². The van der Waals surface area contributed by atoms with Crippen LogP contribution in [0.25, 0.3) is 0 Å². The highest BCUT2D eigenvalue weighted by atomic mass is 79.9. The molecular weight excluding hydrogens is 332 g/mol. The molecule has 1 aliphatic rings. The molecule has 21 heavy (non-hydrogen) atoms. The molecule has 0 radical (unpaired) electrons. The van der Waals surface area contributed by atoms with Gasteiger partial charge in [0.15, 0.2) is 11.5 Å². The predicted molar refractivity (Wildman–Crippen MR) is 85.6 cm³/mol. The number of carbonyl (C=O) groups excluding carboxylic acids is 1. The second-order valence-corrected chi connectivity index (χ2v) is 5.85. The molecule has 0 unspecified atom stereocenters. The van der Waals surface area contributed by atoms with Gasteiger partial charge >= 0.3 is 0 Å². The first-order valence-electron chi connectivity index (χ1n) is 6.88. The van der Waals surface area contributed by atoms with Crippen LogP contribution < -0.4 is 10.2 Å². The van der Waals surface area contributed by atoms with Crippen molar-refractivity contribution < 1.29 is 4.79 Å². The van der Waals surface area contributed by atoms with Gasteiger partial charge in [0.05, 0.1) is 0 Å². The number of hydrogen-bond donors (Lipinski definition) is 1. The summed E-state index contributed by atoms with van der Waals surface area (Å²) in [4.78, 5) is 14.3. The minimum atomic E-state index is -0.256. The summed E-state index contributed by atoms with van der Waals surface area (Å²) in [6.07, 6.45) is 2.37.